The molecule has 3 aromatic rings. The van der Waals surface area contributed by atoms with Gasteiger partial charge in [-0.2, -0.15) is 27.1 Å². The van der Waals surface area contributed by atoms with Crippen molar-refractivity contribution < 1.29 is 26.7 Å². The Morgan fingerprint density at radius 1 is 1.00 bits per heavy atom. The minimum Gasteiger partial charge on any atom is -0.332 e. The predicted molar refractivity (Wildman–Crippen MR) is 96.3 cm³/mol. The highest BCUT2D eigenvalue weighted by atomic mass is 19.4. The number of benzene rings is 1. The van der Waals surface area contributed by atoms with Crippen LogP contribution in [0, 0.1) is 0 Å². The standard InChI is InChI=1S/C20H15F5N4O/c21-19(22,13-3-5-14(6-4-13)20(23,24)25)12-28-9-7-17-16(18(28)30)11-29(27-17)15-2-1-8-26-10-15/h1-6,8,10-11H,7,9,12H2. The van der Waals surface area contributed by atoms with Crippen molar-refractivity contribution in [1.82, 2.24) is 19.7 Å². The van der Waals surface area contributed by atoms with Crippen LogP contribution in [0.15, 0.2) is 55.0 Å². The zero-order chi connectivity index (χ0) is 21.5. The average Bonchev–Trinajstić information content (AvgIpc) is 3.15. The monoisotopic (exact) mass is 422 g/mol. The number of rotatable bonds is 4. The third-order valence-corrected chi connectivity index (χ3v) is 4.86. The fourth-order valence-corrected chi connectivity index (χ4v) is 3.29. The van der Waals surface area contributed by atoms with Gasteiger partial charge in [-0.1, -0.05) is 12.1 Å². The molecule has 3 heterocycles. The van der Waals surface area contributed by atoms with Crippen LogP contribution in [0.5, 0.6) is 0 Å². The quantitative estimate of drug-likeness (QED) is 0.596. The molecule has 1 aliphatic rings. The first kappa shape index (κ1) is 20.0. The number of amides is 1. The minimum atomic E-state index is -4.61. The van der Waals surface area contributed by atoms with E-state index in [1.54, 1.807) is 24.5 Å². The molecule has 0 radical (unpaired) electrons. The Kier molecular flexibility index (Phi) is 4.79. The van der Waals surface area contributed by atoms with E-state index in [1.165, 1.54) is 10.9 Å². The van der Waals surface area contributed by atoms with Crippen molar-refractivity contribution in [2.24, 2.45) is 0 Å². The van der Waals surface area contributed by atoms with Crippen LogP contribution >= 0.6 is 0 Å². The highest BCUT2D eigenvalue weighted by Gasteiger charge is 2.39. The third-order valence-electron chi connectivity index (χ3n) is 4.86. The van der Waals surface area contributed by atoms with Crippen LogP contribution in [-0.2, 0) is 18.5 Å². The number of halogens is 5. The molecule has 0 spiro atoms. The van der Waals surface area contributed by atoms with Crippen LogP contribution in [-0.4, -0.2) is 38.7 Å². The van der Waals surface area contributed by atoms with Crippen molar-refractivity contribution in [3.63, 3.8) is 0 Å². The van der Waals surface area contributed by atoms with Crippen molar-refractivity contribution in [2.75, 3.05) is 13.1 Å². The molecule has 0 saturated carbocycles. The van der Waals surface area contributed by atoms with Crippen molar-refractivity contribution in [1.29, 1.82) is 0 Å². The lowest BCUT2D eigenvalue weighted by molar-refractivity contribution is -0.137. The second-order valence-corrected chi connectivity index (χ2v) is 6.90. The normalized spacial score (nSPS) is 14.7. The van der Waals surface area contributed by atoms with E-state index in [0.717, 1.165) is 17.0 Å². The Balaban J connectivity index is 1.53. The largest absolute Gasteiger partial charge is 0.416 e. The van der Waals surface area contributed by atoms with Gasteiger partial charge in [0.05, 0.1) is 35.2 Å². The van der Waals surface area contributed by atoms with E-state index in [1.807, 2.05) is 0 Å². The van der Waals surface area contributed by atoms with E-state index in [9.17, 15) is 26.7 Å². The van der Waals surface area contributed by atoms with Crippen molar-refractivity contribution in [2.45, 2.75) is 18.5 Å². The summed E-state index contributed by atoms with van der Waals surface area (Å²) in [4.78, 5) is 17.7. The molecular weight excluding hydrogens is 407 g/mol. The lowest BCUT2D eigenvalue weighted by Crippen LogP contribution is -2.43. The first-order chi connectivity index (χ1) is 14.1. The Bertz CT molecular complexity index is 1060. The maximum Gasteiger partial charge on any atom is 0.416 e. The molecule has 1 aliphatic heterocycles. The summed E-state index contributed by atoms with van der Waals surface area (Å²) < 4.78 is 68.8. The zero-order valence-electron chi connectivity index (χ0n) is 15.4. The molecular formula is C20H15F5N4O. The Hall–Kier alpha value is -3.30. The second kappa shape index (κ2) is 7.19. The predicted octanol–water partition coefficient (Wildman–Crippen LogP) is 4.08. The Morgan fingerprint density at radius 2 is 1.70 bits per heavy atom. The van der Waals surface area contributed by atoms with Gasteiger partial charge in [-0.3, -0.25) is 9.78 Å². The maximum atomic E-state index is 14.7. The fourth-order valence-electron chi connectivity index (χ4n) is 3.29. The van der Waals surface area contributed by atoms with Gasteiger partial charge >= 0.3 is 6.18 Å². The lowest BCUT2D eigenvalue weighted by atomic mass is 10.0. The molecule has 4 rings (SSSR count). The molecule has 0 N–H and O–H groups in total. The van der Waals surface area contributed by atoms with Gasteiger partial charge in [0.15, 0.2) is 0 Å². The summed E-state index contributed by atoms with van der Waals surface area (Å²) in [5, 5.41) is 4.33. The molecule has 0 fully saturated rings. The molecule has 1 amide bonds. The Morgan fingerprint density at radius 3 is 2.33 bits per heavy atom. The molecule has 0 saturated heterocycles. The van der Waals surface area contributed by atoms with Gasteiger partial charge in [0, 0.05) is 30.9 Å². The highest BCUT2D eigenvalue weighted by molar-refractivity contribution is 5.96. The van der Waals surface area contributed by atoms with E-state index in [2.05, 4.69) is 10.1 Å². The van der Waals surface area contributed by atoms with Crippen LogP contribution in [0.25, 0.3) is 5.69 Å². The Labute approximate surface area is 167 Å². The number of hydrogen-bond acceptors (Lipinski definition) is 3. The van der Waals surface area contributed by atoms with E-state index >= 15 is 0 Å². The fraction of sp³-hybridized carbons (Fsp3) is 0.250. The molecule has 5 nitrogen and oxygen atoms in total. The van der Waals surface area contributed by atoms with Crippen LogP contribution in [0.4, 0.5) is 22.0 Å². The molecule has 0 aliphatic carbocycles. The summed E-state index contributed by atoms with van der Waals surface area (Å²) in [6.07, 6.45) is 0.290. The summed E-state index contributed by atoms with van der Waals surface area (Å²) in [5.41, 5.74) is -0.253. The number of nitrogens with zero attached hydrogens (tertiary/aromatic N) is 4. The first-order valence-corrected chi connectivity index (χ1v) is 8.99. The van der Waals surface area contributed by atoms with Gasteiger partial charge in [0.2, 0.25) is 0 Å². The lowest BCUT2D eigenvalue weighted by Gasteiger charge is -2.30. The van der Waals surface area contributed by atoms with E-state index in [0.29, 0.717) is 23.5 Å². The smallest absolute Gasteiger partial charge is 0.332 e. The van der Waals surface area contributed by atoms with Gasteiger partial charge in [0.25, 0.3) is 11.8 Å². The number of carbonyl (C=O) groups excluding carboxylic acids is 1. The number of hydrogen-bond donors (Lipinski definition) is 0. The molecule has 0 bridgehead atoms. The molecule has 1 aromatic carbocycles. The molecule has 0 unspecified atom stereocenters. The summed E-state index contributed by atoms with van der Waals surface area (Å²) in [7, 11) is 0. The summed E-state index contributed by atoms with van der Waals surface area (Å²) in [5.74, 6) is -4.10. The van der Waals surface area contributed by atoms with Crippen LogP contribution < -0.4 is 0 Å². The van der Waals surface area contributed by atoms with E-state index in [-0.39, 0.29) is 18.5 Å². The van der Waals surface area contributed by atoms with E-state index < -0.39 is 35.7 Å². The van der Waals surface area contributed by atoms with Crippen LogP contribution in [0.1, 0.15) is 27.2 Å². The van der Waals surface area contributed by atoms with Gasteiger partial charge < -0.3 is 4.90 Å². The number of carbonyl (C=O) groups is 1. The van der Waals surface area contributed by atoms with Crippen molar-refractivity contribution in [3.05, 3.63) is 77.4 Å². The average molecular weight is 422 g/mol. The van der Waals surface area contributed by atoms with E-state index in [4.69, 9.17) is 0 Å². The summed E-state index contributed by atoms with van der Waals surface area (Å²) >= 11 is 0. The van der Waals surface area contributed by atoms with Crippen molar-refractivity contribution >= 4 is 5.91 Å². The SMILES string of the molecule is O=C1c2cn(-c3cccnc3)nc2CCN1CC(F)(F)c1ccc(C(F)(F)F)cc1. The highest BCUT2D eigenvalue weighted by Crippen LogP contribution is 2.34. The number of alkyl halides is 5. The zero-order valence-corrected chi connectivity index (χ0v) is 15.4. The summed E-state index contributed by atoms with van der Waals surface area (Å²) in [6.45, 7) is -0.902. The van der Waals surface area contributed by atoms with Crippen molar-refractivity contribution in [3.8, 4) is 5.69 Å². The van der Waals surface area contributed by atoms with Gasteiger partial charge in [-0.05, 0) is 24.3 Å². The molecule has 30 heavy (non-hydrogen) atoms. The molecule has 156 valence electrons. The van der Waals surface area contributed by atoms with Crippen LogP contribution in [0.2, 0.25) is 0 Å². The second-order valence-electron chi connectivity index (χ2n) is 6.90. The molecule has 2 aromatic heterocycles. The molecule has 0 atom stereocenters. The topological polar surface area (TPSA) is 51.0 Å². The maximum absolute atomic E-state index is 14.7. The van der Waals surface area contributed by atoms with Gasteiger partial charge in [-0.25, -0.2) is 4.68 Å². The minimum absolute atomic E-state index is 0.0338. The number of aromatic nitrogens is 3. The van der Waals surface area contributed by atoms with Gasteiger partial charge in [0.1, 0.15) is 0 Å². The summed E-state index contributed by atoms with van der Waals surface area (Å²) in [6, 6.07) is 6.14. The number of pyridine rings is 1. The first-order valence-electron chi connectivity index (χ1n) is 8.99. The third kappa shape index (κ3) is 3.77. The number of fused-ring (bicyclic) bond motifs is 1. The van der Waals surface area contributed by atoms with Gasteiger partial charge in [-0.15, -0.1) is 0 Å². The molecule has 10 heteroatoms. The van der Waals surface area contributed by atoms with Crippen LogP contribution in [0.3, 0.4) is 0 Å².